The fourth-order valence-electron chi connectivity index (χ4n) is 17.5. The van der Waals surface area contributed by atoms with Gasteiger partial charge in [0.2, 0.25) is 56.0 Å². The number of likely N-dealkylation sites (N-methyl/N-ethyl adjacent to an activating group) is 1. The van der Waals surface area contributed by atoms with E-state index >= 15 is 0 Å². The van der Waals surface area contributed by atoms with Gasteiger partial charge in [-0.1, -0.05) is 31.2 Å². The molecule has 0 radical (unpaired) electrons. The Balaban J connectivity index is 0.000000137. The van der Waals surface area contributed by atoms with Gasteiger partial charge in [0.05, 0.1) is 84.8 Å². The third-order valence-corrected chi connectivity index (χ3v) is 34.3. The number of nitrogens with zero attached hydrogens (tertiary/aromatic N) is 9. The summed E-state index contributed by atoms with van der Waals surface area (Å²) in [6, 6.07) is 31.5. The number of nitrogens with one attached hydrogen (secondary N) is 3. The topological polar surface area (TPSA) is 352 Å². The molecule has 5 spiro atoms. The van der Waals surface area contributed by atoms with E-state index in [-0.39, 0.29) is 44.7 Å². The highest BCUT2D eigenvalue weighted by molar-refractivity contribution is 7.90. The predicted molar refractivity (Wildman–Crippen MR) is 445 cm³/mol. The Kier molecular flexibility index (Phi) is 29.5. The lowest BCUT2D eigenvalue weighted by molar-refractivity contribution is -0.119. The number of methoxy groups -OCH3 is 3. The molecule has 5 aromatic carbocycles. The van der Waals surface area contributed by atoms with Crippen LogP contribution in [0.1, 0.15) is 119 Å². The number of ketones is 2. The van der Waals surface area contributed by atoms with Crippen LogP contribution in [0.2, 0.25) is 0 Å². The van der Waals surface area contributed by atoms with Gasteiger partial charge in [-0.25, -0.2) is 42.1 Å². The van der Waals surface area contributed by atoms with Gasteiger partial charge in [0.25, 0.3) is 0 Å². The molecule has 37 heteroatoms. The Morgan fingerprint density at radius 3 is 1.14 bits per heavy atom. The lowest BCUT2D eigenvalue weighted by Gasteiger charge is -2.43. The number of ether oxygens (including phenoxy) is 7. The summed E-state index contributed by atoms with van der Waals surface area (Å²) < 4.78 is 178. The van der Waals surface area contributed by atoms with Crippen LogP contribution in [0.25, 0.3) is 0 Å². The first-order chi connectivity index (χ1) is 56.6. The van der Waals surface area contributed by atoms with Crippen molar-refractivity contribution < 1.29 is 89.6 Å². The first-order valence-corrected chi connectivity index (χ1v) is 48.2. The van der Waals surface area contributed by atoms with Crippen molar-refractivity contribution in [2.45, 2.75) is 157 Å². The zero-order valence-electron chi connectivity index (χ0n) is 69.8. The van der Waals surface area contributed by atoms with Crippen molar-refractivity contribution in [3.05, 3.63) is 132 Å². The number of piperidine rings is 5. The molecule has 5 aromatic rings. The lowest BCUT2D eigenvalue weighted by Crippen LogP contribution is -2.59. The van der Waals surface area contributed by atoms with Gasteiger partial charge in [-0.05, 0) is 196 Å². The minimum absolute atomic E-state index is 0.0845. The van der Waals surface area contributed by atoms with Crippen molar-refractivity contribution in [1.29, 1.82) is 0 Å². The molecular formula is C82H118N12O20S5. The number of benzene rings is 5. The van der Waals surface area contributed by atoms with Gasteiger partial charge < -0.3 is 68.7 Å². The van der Waals surface area contributed by atoms with Gasteiger partial charge in [-0.15, -0.1) is 0 Å². The summed E-state index contributed by atoms with van der Waals surface area (Å²) in [6.45, 7) is 18.6. The van der Waals surface area contributed by atoms with Crippen LogP contribution in [0.3, 0.4) is 0 Å². The van der Waals surface area contributed by atoms with Crippen molar-refractivity contribution in [2.24, 2.45) is 5.92 Å². The number of hydrogen-bond acceptors (Lipinski definition) is 26. The molecule has 10 saturated heterocycles. The maximum absolute atomic E-state index is 13.5. The van der Waals surface area contributed by atoms with Crippen LogP contribution >= 0.6 is 0 Å². The van der Waals surface area contributed by atoms with Gasteiger partial charge in [-0.2, -0.15) is 21.5 Å². The van der Waals surface area contributed by atoms with E-state index in [0.717, 1.165) is 97.0 Å². The summed E-state index contributed by atoms with van der Waals surface area (Å²) in [7, 11) is -7.63. The molecular weight excluding hydrogens is 1630 g/mol. The second-order valence-electron chi connectivity index (χ2n) is 32.4. The maximum Gasteiger partial charge on any atom is 0.245 e. The summed E-state index contributed by atoms with van der Waals surface area (Å²) in [4.78, 5) is 44.8. The van der Waals surface area contributed by atoms with Gasteiger partial charge in [0.15, 0.2) is 11.6 Å². The number of rotatable bonds is 20. The van der Waals surface area contributed by atoms with Crippen LogP contribution < -0.4 is 30.2 Å². The van der Waals surface area contributed by atoms with Crippen molar-refractivity contribution in [1.82, 2.24) is 57.1 Å². The summed E-state index contributed by atoms with van der Waals surface area (Å²) in [5.41, 5.74) is -2.70. The molecule has 16 rings (SSSR count). The van der Waals surface area contributed by atoms with Crippen molar-refractivity contribution >= 4 is 67.6 Å². The second kappa shape index (κ2) is 38.3. The fourth-order valence-corrected chi connectivity index (χ4v) is 26.3. The number of carbonyl (C=O) groups excluding carboxylic acids is 3. The normalized spacial score (nSPS) is 23.1. The summed E-state index contributed by atoms with van der Waals surface area (Å²) >= 11 is 0. The van der Waals surface area contributed by atoms with Crippen LogP contribution in [0.4, 0.5) is 0 Å². The molecule has 1 amide bonds. The average molecular weight is 1750 g/mol. The lowest BCUT2D eigenvalue weighted by atomic mass is 9.99. The fraction of sp³-hybridized carbons (Fsp3) is 0.598. The first-order valence-electron chi connectivity index (χ1n) is 41.0. The number of likely N-dealkylation sites (tertiary alicyclic amines) is 3. The second-order valence-corrected chi connectivity index (χ2v) is 41.6. The average Bonchev–Trinajstić information content (AvgIpc) is 1.61. The molecule has 1 aliphatic carbocycles. The van der Waals surface area contributed by atoms with Crippen LogP contribution in [0, 0.1) is 5.92 Å². The van der Waals surface area contributed by atoms with Crippen molar-refractivity contribution in [3.63, 3.8) is 0 Å². The molecule has 32 nitrogen and oxygen atoms in total. The third-order valence-electron chi connectivity index (χ3n) is 24.5. The molecule has 0 aromatic heterocycles. The smallest absolute Gasteiger partial charge is 0.245 e. The molecule has 656 valence electrons. The van der Waals surface area contributed by atoms with E-state index in [1.165, 1.54) is 67.4 Å². The van der Waals surface area contributed by atoms with E-state index in [0.29, 0.717) is 142 Å². The van der Waals surface area contributed by atoms with Gasteiger partial charge in [0, 0.05) is 134 Å². The highest BCUT2D eigenvalue weighted by Gasteiger charge is 2.57. The molecule has 10 aliphatic heterocycles. The van der Waals surface area contributed by atoms with Crippen LogP contribution in [0.15, 0.2) is 146 Å². The highest BCUT2D eigenvalue weighted by atomic mass is 32.2. The van der Waals surface area contributed by atoms with E-state index in [1.54, 1.807) is 123 Å². The highest BCUT2D eigenvalue weighted by Crippen LogP contribution is 2.45. The first kappa shape index (κ1) is 91.7. The van der Waals surface area contributed by atoms with Crippen LogP contribution in [-0.4, -0.2) is 315 Å². The Labute approximate surface area is 702 Å². The SMILES string of the molecule is CC(=O)c1ccc(S(=O)(=O)N2C(CN(C)C)COC23CCNCC3)cc1.CC(=O)c1ccc(S(=O)(=O)N2CC(=O)NC23CCNCC3)cc1.CCN1CCC2(CC1)OCCN2S(=O)(=O)c1ccc(OC)cc1.COc1ccc(S(=O)(=O)N2CCOC23CCN(C)CC3)cc1.COc1ccc(S(=O)(=O)N2CCOC23CCN(CC2CC2)CC3)cc1. The van der Waals surface area contributed by atoms with Crippen molar-refractivity contribution in [2.75, 3.05) is 180 Å². The van der Waals surface area contributed by atoms with Gasteiger partial charge in [-0.3, -0.25) is 14.4 Å². The molecule has 0 bridgehead atoms. The number of sulfonamides is 5. The predicted octanol–water partition coefficient (Wildman–Crippen LogP) is 5.59. The van der Waals surface area contributed by atoms with E-state index in [2.05, 4.69) is 37.6 Å². The summed E-state index contributed by atoms with van der Waals surface area (Å²) in [5, 5.41) is 9.28. The minimum Gasteiger partial charge on any atom is -0.497 e. The molecule has 119 heavy (non-hydrogen) atoms. The number of Topliss-reactive ketones (excluding diaryl/α,β-unsaturated/α-hetero) is 2. The molecule has 3 N–H and O–H groups in total. The van der Waals surface area contributed by atoms with E-state index < -0.39 is 78.7 Å². The van der Waals surface area contributed by atoms with Crippen molar-refractivity contribution in [3.8, 4) is 17.2 Å². The Morgan fingerprint density at radius 1 is 0.445 bits per heavy atom. The maximum atomic E-state index is 13.5. The number of amides is 1. The zero-order valence-corrected chi connectivity index (χ0v) is 73.8. The quantitative estimate of drug-likeness (QED) is 0.0799. The standard InChI is InChI=1S/C18H27N3O4S.C18H26N2O4S.C16H24N2O4S.C15H19N3O4S.C15H22N2O4S/c1-14(22)15-4-6-17(7-5-15)26(23,24)21-16(12-20(2)3)13-25-18(21)8-10-19-11-9-18;1-23-16-4-6-17(7-5-16)25(21,22)20-12-13-24-18(20)8-10-19(11-9-18)14-15-2-3-15;1-3-17-10-8-16(9-11-17)18(12-13-22-16)23(19,20)15-6-4-14(21-2)5-7-15;1-11(19)12-2-4-13(5-3-12)23(21,22)18-10-14(20)17-15(18)6-8-16-9-7-15;1-16-9-7-15(8-10-16)17(11-12-21-15)22(18,19)14-5-3-13(20-2)4-6-14/h4-7,16,19H,8-13H2,1-3H3;4-7,15H,2-3,8-14H2,1H3;4-7H,3,8-13H2,1-2H3;2-5,16H,6-10H2,1H3,(H,17,20);3-6H,7-12H2,1-2H3. The summed E-state index contributed by atoms with van der Waals surface area (Å²) in [5.74, 6) is 2.31. The monoisotopic (exact) mass is 1750 g/mol. The van der Waals surface area contributed by atoms with E-state index in [9.17, 15) is 56.5 Å². The third kappa shape index (κ3) is 20.3. The Hall–Kier alpha value is -6.54. The number of hydrogen-bond donors (Lipinski definition) is 3. The molecule has 10 heterocycles. The molecule has 1 atom stereocenters. The van der Waals surface area contributed by atoms with Gasteiger partial charge >= 0.3 is 0 Å². The Morgan fingerprint density at radius 2 is 0.790 bits per heavy atom. The molecule has 11 aliphatic rings. The molecule has 1 saturated carbocycles. The van der Waals surface area contributed by atoms with Crippen LogP contribution in [-0.2, 0) is 73.9 Å². The largest absolute Gasteiger partial charge is 0.497 e. The zero-order chi connectivity index (χ0) is 85.4. The van der Waals surface area contributed by atoms with Crippen LogP contribution in [0.5, 0.6) is 17.2 Å². The summed E-state index contributed by atoms with van der Waals surface area (Å²) in [6.07, 6.45) is 9.34. The van der Waals surface area contributed by atoms with E-state index in [4.69, 9.17) is 33.2 Å². The number of carbonyl (C=O) groups is 3. The molecule has 1 unspecified atom stereocenters. The molecule has 11 fully saturated rings. The van der Waals surface area contributed by atoms with Gasteiger partial charge in [0.1, 0.15) is 45.8 Å². The van der Waals surface area contributed by atoms with E-state index in [1.807, 2.05) is 26.0 Å². The minimum atomic E-state index is -3.81. The Bertz CT molecular complexity index is 4880.